The summed E-state index contributed by atoms with van der Waals surface area (Å²) >= 11 is 1.28. The smallest absolute Gasteiger partial charge is 0.336 e. The van der Waals surface area contributed by atoms with Crippen molar-refractivity contribution >= 4 is 33.3 Å². The van der Waals surface area contributed by atoms with Crippen LogP contribution in [0, 0.1) is 0 Å². The molecular weight excluding hydrogens is 346 g/mol. The average molecular weight is 359 g/mol. The van der Waals surface area contributed by atoms with Gasteiger partial charge in [0.1, 0.15) is 0 Å². The van der Waals surface area contributed by atoms with Crippen molar-refractivity contribution in [3.63, 3.8) is 0 Å². The molecule has 1 heterocycles. The number of thiazole rings is 1. The number of benzene rings is 3. The third kappa shape index (κ3) is 2.89. The van der Waals surface area contributed by atoms with E-state index >= 15 is 0 Å². The summed E-state index contributed by atoms with van der Waals surface area (Å²) in [6.07, 6.45) is 0. The van der Waals surface area contributed by atoms with Gasteiger partial charge in [-0.25, -0.2) is 9.78 Å². The van der Waals surface area contributed by atoms with E-state index in [9.17, 15) is 14.7 Å². The quantitative estimate of drug-likeness (QED) is 0.527. The van der Waals surface area contributed by atoms with Crippen LogP contribution in [-0.4, -0.2) is 21.8 Å². The largest absolute Gasteiger partial charge is 0.478 e. The van der Waals surface area contributed by atoms with E-state index in [1.54, 1.807) is 12.1 Å². The molecule has 4 nitrogen and oxygen atoms in total. The van der Waals surface area contributed by atoms with E-state index in [2.05, 4.69) is 4.98 Å². The maximum Gasteiger partial charge on any atom is 0.336 e. The molecule has 5 heteroatoms. The summed E-state index contributed by atoms with van der Waals surface area (Å²) in [6, 6.07) is 22.0. The van der Waals surface area contributed by atoms with Crippen molar-refractivity contribution in [3.8, 4) is 11.1 Å². The molecule has 0 spiro atoms. The lowest BCUT2D eigenvalue weighted by atomic mass is 10.0. The van der Waals surface area contributed by atoms with Crippen LogP contribution in [0.15, 0.2) is 72.8 Å². The monoisotopic (exact) mass is 359 g/mol. The molecule has 0 bridgehead atoms. The van der Waals surface area contributed by atoms with Crippen molar-refractivity contribution in [1.82, 2.24) is 4.98 Å². The van der Waals surface area contributed by atoms with Crippen molar-refractivity contribution in [2.24, 2.45) is 0 Å². The molecule has 0 aliphatic rings. The van der Waals surface area contributed by atoms with Gasteiger partial charge in [-0.05, 0) is 29.3 Å². The zero-order valence-corrected chi connectivity index (χ0v) is 14.4. The first-order valence-corrected chi connectivity index (χ1v) is 8.78. The molecule has 0 aliphatic heterocycles. The van der Waals surface area contributed by atoms with Gasteiger partial charge in [-0.3, -0.25) is 4.79 Å². The number of fused-ring (bicyclic) bond motifs is 1. The Morgan fingerprint density at radius 3 is 2.23 bits per heavy atom. The number of carbonyl (C=O) groups excluding carboxylic acids is 1. The Balaban J connectivity index is 1.76. The number of ketones is 1. The Bertz CT molecular complexity index is 1130. The van der Waals surface area contributed by atoms with Crippen molar-refractivity contribution in [1.29, 1.82) is 0 Å². The van der Waals surface area contributed by atoms with Gasteiger partial charge < -0.3 is 5.11 Å². The van der Waals surface area contributed by atoms with Crippen molar-refractivity contribution in [2.75, 3.05) is 0 Å². The lowest BCUT2D eigenvalue weighted by Gasteiger charge is -2.01. The molecule has 1 aromatic heterocycles. The molecular formula is C21H13NO3S. The van der Waals surface area contributed by atoms with Crippen LogP contribution in [0.5, 0.6) is 0 Å². The lowest BCUT2D eigenvalue weighted by Crippen LogP contribution is -2.09. The summed E-state index contributed by atoms with van der Waals surface area (Å²) in [7, 11) is 0. The number of carboxylic acids is 1. The first kappa shape index (κ1) is 16.2. The molecule has 0 amide bonds. The van der Waals surface area contributed by atoms with Gasteiger partial charge in [0.05, 0.1) is 15.8 Å². The molecule has 126 valence electrons. The Labute approximate surface area is 153 Å². The van der Waals surface area contributed by atoms with Crippen LogP contribution in [0.3, 0.4) is 0 Å². The Kier molecular flexibility index (Phi) is 4.07. The van der Waals surface area contributed by atoms with E-state index in [0.29, 0.717) is 5.01 Å². The fourth-order valence-electron chi connectivity index (χ4n) is 2.81. The number of aromatic carboxylic acids is 1. The first-order valence-electron chi connectivity index (χ1n) is 7.96. The Morgan fingerprint density at radius 1 is 0.808 bits per heavy atom. The van der Waals surface area contributed by atoms with Gasteiger partial charge in [-0.2, -0.15) is 0 Å². The molecule has 4 aromatic rings. The summed E-state index contributed by atoms with van der Waals surface area (Å²) in [5, 5.41) is 9.59. The third-order valence-electron chi connectivity index (χ3n) is 4.09. The SMILES string of the molecule is O=C(O)c1ccccc1C(=O)c1nc2ccc(-c3ccccc3)cc2s1. The molecule has 1 N–H and O–H groups in total. The second-order valence-corrected chi connectivity index (χ2v) is 6.78. The maximum absolute atomic E-state index is 12.8. The number of aromatic nitrogens is 1. The van der Waals surface area contributed by atoms with E-state index < -0.39 is 5.97 Å². The molecule has 26 heavy (non-hydrogen) atoms. The molecule has 0 saturated heterocycles. The van der Waals surface area contributed by atoms with Crippen LogP contribution >= 0.6 is 11.3 Å². The van der Waals surface area contributed by atoms with Crippen molar-refractivity contribution in [2.45, 2.75) is 0 Å². The van der Waals surface area contributed by atoms with Crippen LogP contribution in [0.2, 0.25) is 0 Å². The second kappa shape index (κ2) is 6.54. The van der Waals surface area contributed by atoms with Gasteiger partial charge in [0.25, 0.3) is 0 Å². The summed E-state index contributed by atoms with van der Waals surface area (Å²) in [6.45, 7) is 0. The molecule has 0 fully saturated rings. The number of rotatable bonds is 4. The minimum Gasteiger partial charge on any atom is -0.478 e. The van der Waals surface area contributed by atoms with Crippen LogP contribution in [0.4, 0.5) is 0 Å². The summed E-state index contributed by atoms with van der Waals surface area (Å²) in [5.41, 5.74) is 3.01. The highest BCUT2D eigenvalue weighted by atomic mass is 32.1. The van der Waals surface area contributed by atoms with Crippen LogP contribution in [-0.2, 0) is 0 Å². The number of carbonyl (C=O) groups is 2. The van der Waals surface area contributed by atoms with Crippen LogP contribution < -0.4 is 0 Å². The van der Waals surface area contributed by atoms with Crippen molar-refractivity contribution < 1.29 is 14.7 Å². The maximum atomic E-state index is 12.8. The predicted octanol–water partition coefficient (Wildman–Crippen LogP) is 4.89. The first-order chi connectivity index (χ1) is 12.6. The van der Waals surface area contributed by atoms with Gasteiger partial charge in [0, 0.05) is 5.56 Å². The van der Waals surface area contributed by atoms with E-state index in [4.69, 9.17) is 0 Å². The molecule has 0 aliphatic carbocycles. The lowest BCUT2D eigenvalue weighted by molar-refractivity contribution is 0.0693. The number of hydrogen-bond acceptors (Lipinski definition) is 4. The highest BCUT2D eigenvalue weighted by Gasteiger charge is 2.20. The van der Waals surface area contributed by atoms with E-state index in [-0.39, 0.29) is 16.9 Å². The van der Waals surface area contributed by atoms with Gasteiger partial charge in [0.2, 0.25) is 5.78 Å². The highest BCUT2D eigenvalue weighted by Crippen LogP contribution is 2.29. The molecule has 0 saturated carbocycles. The summed E-state index contributed by atoms with van der Waals surface area (Å²) < 4.78 is 0.891. The Morgan fingerprint density at radius 2 is 1.50 bits per heavy atom. The second-order valence-electron chi connectivity index (χ2n) is 5.75. The number of carboxylic acid groups (broad SMARTS) is 1. The third-order valence-corrected chi connectivity index (χ3v) is 5.11. The van der Waals surface area contributed by atoms with Gasteiger partial charge in [0.15, 0.2) is 5.01 Å². The van der Waals surface area contributed by atoms with Gasteiger partial charge in [-0.15, -0.1) is 11.3 Å². The minimum atomic E-state index is -1.12. The predicted molar refractivity (Wildman–Crippen MR) is 102 cm³/mol. The number of nitrogens with zero attached hydrogens (tertiary/aromatic N) is 1. The van der Waals surface area contributed by atoms with E-state index in [0.717, 1.165) is 21.3 Å². The van der Waals surface area contributed by atoms with E-state index in [1.165, 1.54) is 23.5 Å². The normalized spacial score (nSPS) is 10.8. The number of hydrogen-bond donors (Lipinski definition) is 1. The molecule has 0 atom stereocenters. The van der Waals surface area contributed by atoms with Crippen LogP contribution in [0.1, 0.15) is 25.7 Å². The topological polar surface area (TPSA) is 67.3 Å². The highest BCUT2D eigenvalue weighted by molar-refractivity contribution is 7.20. The Hall–Kier alpha value is -3.31. The molecule has 3 aromatic carbocycles. The average Bonchev–Trinajstić information content (AvgIpc) is 3.11. The minimum absolute atomic E-state index is 0.0123. The fraction of sp³-hybridized carbons (Fsp3) is 0. The fourth-order valence-corrected chi connectivity index (χ4v) is 3.77. The van der Waals surface area contributed by atoms with Gasteiger partial charge >= 0.3 is 5.97 Å². The summed E-state index contributed by atoms with van der Waals surface area (Å²) in [4.78, 5) is 28.5. The molecule has 0 unspecified atom stereocenters. The zero-order chi connectivity index (χ0) is 18.1. The van der Waals surface area contributed by atoms with Crippen molar-refractivity contribution in [3.05, 3.63) is 88.9 Å². The van der Waals surface area contributed by atoms with E-state index in [1.807, 2.05) is 48.5 Å². The standard InChI is InChI=1S/C21H13NO3S/c23-19(15-8-4-5-9-16(15)21(24)25)20-22-17-11-10-14(12-18(17)26-20)13-6-2-1-3-7-13/h1-12H,(H,24,25). The molecule has 4 rings (SSSR count). The van der Waals surface area contributed by atoms with Crippen LogP contribution in [0.25, 0.3) is 21.3 Å². The zero-order valence-electron chi connectivity index (χ0n) is 13.5. The molecule has 0 radical (unpaired) electrons. The summed E-state index contributed by atoms with van der Waals surface area (Å²) in [5.74, 6) is -1.49. The van der Waals surface area contributed by atoms with Gasteiger partial charge in [-0.1, -0.05) is 54.6 Å².